The zero-order valence-electron chi connectivity index (χ0n) is 13.7. The number of aliphatic hydroxyl groups excluding tert-OH is 2. The van der Waals surface area contributed by atoms with E-state index in [4.69, 9.17) is 0 Å². The molecule has 3 N–H and O–H groups in total. The second-order valence-corrected chi connectivity index (χ2v) is 8.57. The summed E-state index contributed by atoms with van der Waals surface area (Å²) >= 11 is 1.82. The first-order chi connectivity index (χ1) is 11.2. The van der Waals surface area contributed by atoms with Gasteiger partial charge in [-0.25, -0.2) is 0 Å². The van der Waals surface area contributed by atoms with E-state index in [1.54, 1.807) is 0 Å². The molecule has 1 aliphatic heterocycles. The van der Waals surface area contributed by atoms with E-state index in [1.165, 1.54) is 31.2 Å². The highest BCUT2D eigenvalue weighted by molar-refractivity contribution is 8.00. The van der Waals surface area contributed by atoms with Gasteiger partial charge in [0.1, 0.15) is 0 Å². The van der Waals surface area contributed by atoms with Gasteiger partial charge in [-0.05, 0) is 43.6 Å². The van der Waals surface area contributed by atoms with Gasteiger partial charge < -0.3 is 15.5 Å². The third-order valence-corrected chi connectivity index (χ3v) is 6.61. The highest BCUT2D eigenvalue weighted by Crippen LogP contribution is 2.34. The Kier molecular flexibility index (Phi) is 6.40. The van der Waals surface area contributed by atoms with Gasteiger partial charge in [0, 0.05) is 11.3 Å². The lowest BCUT2D eigenvalue weighted by Gasteiger charge is -2.39. The van der Waals surface area contributed by atoms with Crippen LogP contribution in [0.25, 0.3) is 0 Å². The van der Waals surface area contributed by atoms with E-state index < -0.39 is 0 Å². The Labute approximate surface area is 143 Å². The smallest absolute Gasteiger partial charge is 0.0574 e. The first-order valence-corrected chi connectivity index (χ1v) is 9.93. The summed E-state index contributed by atoms with van der Waals surface area (Å²) < 4.78 is 0. The van der Waals surface area contributed by atoms with Crippen LogP contribution in [-0.2, 0) is 6.42 Å². The van der Waals surface area contributed by atoms with E-state index in [9.17, 15) is 10.2 Å². The largest absolute Gasteiger partial charge is 0.395 e. The van der Waals surface area contributed by atoms with Crippen molar-refractivity contribution in [2.24, 2.45) is 5.92 Å². The number of hydrogen-bond acceptors (Lipinski definition) is 4. The van der Waals surface area contributed by atoms with Crippen LogP contribution in [-0.4, -0.2) is 39.6 Å². The van der Waals surface area contributed by atoms with Gasteiger partial charge in [-0.1, -0.05) is 43.2 Å². The molecule has 1 saturated heterocycles. The van der Waals surface area contributed by atoms with Crippen LogP contribution in [0.4, 0.5) is 0 Å². The predicted octanol–water partition coefficient (Wildman–Crippen LogP) is 2.95. The summed E-state index contributed by atoms with van der Waals surface area (Å²) in [5.41, 5.74) is 1.43. The van der Waals surface area contributed by atoms with Crippen LogP contribution in [0.5, 0.6) is 0 Å². The van der Waals surface area contributed by atoms with Crippen LogP contribution in [0.3, 0.4) is 0 Å². The van der Waals surface area contributed by atoms with Crippen molar-refractivity contribution in [2.75, 3.05) is 6.61 Å². The van der Waals surface area contributed by atoms with Gasteiger partial charge in [-0.2, -0.15) is 0 Å². The van der Waals surface area contributed by atoms with E-state index in [-0.39, 0.29) is 23.3 Å². The second-order valence-electron chi connectivity index (χ2n) is 7.06. The number of nitrogens with one attached hydrogen (secondary N) is 1. The Bertz CT molecular complexity index is 470. The first kappa shape index (κ1) is 17.3. The molecular formula is C19H29NO2S. The SMILES string of the molecule is OC[C@@H]1C[C@H](O)C[C@H](NC2CCCCC2Cc2ccccc2)S1. The highest BCUT2D eigenvalue weighted by Gasteiger charge is 2.32. The molecule has 0 amide bonds. The van der Waals surface area contributed by atoms with Crippen molar-refractivity contribution in [3.05, 3.63) is 35.9 Å². The van der Waals surface area contributed by atoms with Gasteiger partial charge in [-0.3, -0.25) is 0 Å². The normalized spacial score (nSPS) is 35.1. The molecule has 1 aromatic carbocycles. The van der Waals surface area contributed by atoms with Gasteiger partial charge in [-0.15, -0.1) is 11.8 Å². The van der Waals surface area contributed by atoms with Gasteiger partial charge >= 0.3 is 0 Å². The number of hydrogen-bond donors (Lipinski definition) is 3. The summed E-state index contributed by atoms with van der Waals surface area (Å²) in [6.07, 6.45) is 7.53. The number of benzene rings is 1. The minimum atomic E-state index is -0.276. The zero-order chi connectivity index (χ0) is 16.1. The van der Waals surface area contributed by atoms with Crippen molar-refractivity contribution >= 4 is 11.8 Å². The van der Waals surface area contributed by atoms with E-state index in [1.807, 2.05) is 11.8 Å². The van der Waals surface area contributed by atoms with Gasteiger partial charge in [0.2, 0.25) is 0 Å². The van der Waals surface area contributed by atoms with Crippen LogP contribution in [0.1, 0.15) is 44.1 Å². The Morgan fingerprint density at radius 2 is 1.87 bits per heavy atom. The monoisotopic (exact) mass is 335 g/mol. The molecule has 2 unspecified atom stereocenters. The van der Waals surface area contributed by atoms with Crippen LogP contribution >= 0.6 is 11.8 Å². The quantitative estimate of drug-likeness (QED) is 0.774. The van der Waals surface area contributed by atoms with Crippen molar-refractivity contribution < 1.29 is 10.2 Å². The molecule has 0 radical (unpaired) electrons. The molecule has 0 spiro atoms. The maximum atomic E-state index is 10.0. The molecule has 1 saturated carbocycles. The topological polar surface area (TPSA) is 52.5 Å². The number of aliphatic hydroxyl groups is 2. The average Bonchev–Trinajstić information content (AvgIpc) is 2.57. The average molecular weight is 336 g/mol. The van der Waals surface area contributed by atoms with Crippen LogP contribution in [0.2, 0.25) is 0 Å². The Hall–Kier alpha value is -0.550. The molecule has 0 aromatic heterocycles. The molecule has 2 aliphatic rings. The Morgan fingerprint density at radius 3 is 2.65 bits per heavy atom. The summed E-state index contributed by atoms with van der Waals surface area (Å²) in [6.45, 7) is 0.165. The zero-order valence-corrected chi connectivity index (χ0v) is 14.5. The second kappa shape index (κ2) is 8.52. The Morgan fingerprint density at radius 1 is 1.09 bits per heavy atom. The minimum Gasteiger partial charge on any atom is -0.395 e. The van der Waals surface area contributed by atoms with E-state index in [0.717, 1.165) is 19.3 Å². The molecule has 2 fully saturated rings. The van der Waals surface area contributed by atoms with Gasteiger partial charge in [0.15, 0.2) is 0 Å². The summed E-state index contributed by atoms with van der Waals surface area (Å²) in [4.78, 5) is 0. The molecule has 5 atom stereocenters. The number of rotatable bonds is 5. The number of thioether (sulfide) groups is 1. The molecule has 128 valence electrons. The van der Waals surface area contributed by atoms with Crippen molar-refractivity contribution in [1.29, 1.82) is 0 Å². The van der Waals surface area contributed by atoms with Gasteiger partial charge in [0.25, 0.3) is 0 Å². The lowest BCUT2D eigenvalue weighted by Crippen LogP contribution is -2.47. The third-order valence-electron chi connectivity index (χ3n) is 5.23. The molecule has 3 rings (SSSR count). The van der Waals surface area contributed by atoms with Crippen LogP contribution < -0.4 is 5.32 Å². The molecule has 1 aromatic rings. The highest BCUT2D eigenvalue weighted by atomic mass is 32.2. The van der Waals surface area contributed by atoms with Crippen molar-refractivity contribution in [3.63, 3.8) is 0 Å². The lowest BCUT2D eigenvalue weighted by atomic mass is 9.80. The van der Waals surface area contributed by atoms with Crippen LogP contribution in [0, 0.1) is 5.92 Å². The molecule has 0 bridgehead atoms. The summed E-state index contributed by atoms with van der Waals surface area (Å²) in [7, 11) is 0. The lowest BCUT2D eigenvalue weighted by molar-refractivity contribution is 0.127. The van der Waals surface area contributed by atoms with E-state index in [2.05, 4.69) is 35.6 Å². The summed E-state index contributed by atoms with van der Waals surface area (Å²) in [5.74, 6) is 0.679. The summed E-state index contributed by atoms with van der Waals surface area (Å²) in [5, 5.41) is 23.7. The molecule has 1 heterocycles. The Balaban J connectivity index is 1.60. The summed E-state index contributed by atoms with van der Waals surface area (Å²) in [6, 6.07) is 11.3. The van der Waals surface area contributed by atoms with Crippen molar-refractivity contribution in [1.82, 2.24) is 5.32 Å². The molecule has 4 heteroatoms. The maximum absolute atomic E-state index is 10.0. The van der Waals surface area contributed by atoms with Crippen LogP contribution in [0.15, 0.2) is 30.3 Å². The van der Waals surface area contributed by atoms with E-state index in [0.29, 0.717) is 12.0 Å². The minimum absolute atomic E-state index is 0.165. The fourth-order valence-electron chi connectivity index (χ4n) is 4.04. The van der Waals surface area contributed by atoms with E-state index >= 15 is 0 Å². The molecular weight excluding hydrogens is 306 g/mol. The maximum Gasteiger partial charge on any atom is 0.0574 e. The first-order valence-electron chi connectivity index (χ1n) is 8.99. The van der Waals surface area contributed by atoms with Gasteiger partial charge in [0.05, 0.1) is 18.1 Å². The third kappa shape index (κ3) is 4.96. The van der Waals surface area contributed by atoms with Crippen molar-refractivity contribution in [2.45, 2.75) is 67.7 Å². The molecule has 1 aliphatic carbocycles. The van der Waals surface area contributed by atoms with Crippen molar-refractivity contribution in [3.8, 4) is 0 Å². The molecule has 23 heavy (non-hydrogen) atoms. The predicted molar refractivity (Wildman–Crippen MR) is 96.5 cm³/mol. The molecule has 3 nitrogen and oxygen atoms in total. The fourth-order valence-corrected chi connectivity index (χ4v) is 5.51. The fraction of sp³-hybridized carbons (Fsp3) is 0.684. The standard InChI is InChI=1S/C19H29NO2S/c21-13-17-11-16(22)12-19(23-17)20-18-9-5-4-8-15(18)10-14-6-2-1-3-7-14/h1-3,6-7,15-22H,4-5,8-13H2/t15?,16-,17-,18?,19+/m0/s1.